The van der Waals surface area contributed by atoms with Gasteiger partial charge >= 0.3 is 5.97 Å². The van der Waals surface area contributed by atoms with Gasteiger partial charge in [-0.1, -0.05) is 6.92 Å². The molecule has 0 unspecified atom stereocenters. The van der Waals surface area contributed by atoms with Crippen LogP contribution in [-0.2, 0) is 9.63 Å². The summed E-state index contributed by atoms with van der Waals surface area (Å²) in [5, 5.41) is 0. The zero-order chi connectivity index (χ0) is 5.70. The standard InChI is InChI=1S/C4H9NO2/c1-2-3-4(6)7-5/h2-3,5H2,1H3. The molecule has 0 fully saturated rings. The molecule has 3 heteroatoms. The molecule has 0 saturated carbocycles. The summed E-state index contributed by atoms with van der Waals surface area (Å²) >= 11 is 0. The minimum Gasteiger partial charge on any atom is -0.373 e. The van der Waals surface area contributed by atoms with Crippen LogP contribution in [0.5, 0.6) is 0 Å². The third-order valence-corrected chi connectivity index (χ3v) is 0.586. The summed E-state index contributed by atoms with van der Waals surface area (Å²) in [5.74, 6) is 4.16. The van der Waals surface area contributed by atoms with Gasteiger partial charge in [0.1, 0.15) is 0 Å². The molecule has 0 aliphatic heterocycles. The first kappa shape index (κ1) is 6.43. The van der Waals surface area contributed by atoms with E-state index in [1.54, 1.807) is 0 Å². The van der Waals surface area contributed by atoms with Crippen LogP contribution in [0.4, 0.5) is 0 Å². The lowest BCUT2D eigenvalue weighted by Gasteiger charge is -1.89. The van der Waals surface area contributed by atoms with Gasteiger partial charge in [0.15, 0.2) is 0 Å². The second-order valence-electron chi connectivity index (χ2n) is 1.24. The molecule has 0 bridgehead atoms. The summed E-state index contributed by atoms with van der Waals surface area (Å²) in [6.07, 6.45) is 1.20. The van der Waals surface area contributed by atoms with Gasteiger partial charge in [-0.15, -0.1) is 0 Å². The van der Waals surface area contributed by atoms with Crippen LogP contribution in [0.25, 0.3) is 0 Å². The van der Waals surface area contributed by atoms with Crippen molar-refractivity contribution in [2.75, 3.05) is 0 Å². The monoisotopic (exact) mass is 103 g/mol. The van der Waals surface area contributed by atoms with Gasteiger partial charge in [-0.3, -0.25) is 4.79 Å². The van der Waals surface area contributed by atoms with E-state index in [1.807, 2.05) is 6.92 Å². The highest BCUT2D eigenvalue weighted by Crippen LogP contribution is 1.85. The number of hydrogen-bond donors (Lipinski definition) is 1. The van der Waals surface area contributed by atoms with Gasteiger partial charge in [0.25, 0.3) is 0 Å². The smallest absolute Gasteiger partial charge is 0.324 e. The Morgan fingerprint density at radius 2 is 2.43 bits per heavy atom. The molecule has 0 saturated heterocycles. The van der Waals surface area contributed by atoms with E-state index in [1.165, 1.54) is 0 Å². The first-order valence-electron chi connectivity index (χ1n) is 2.20. The lowest BCUT2D eigenvalue weighted by atomic mass is 10.3. The molecule has 0 spiro atoms. The molecule has 0 radical (unpaired) electrons. The summed E-state index contributed by atoms with van der Waals surface area (Å²) in [6, 6.07) is 0. The van der Waals surface area contributed by atoms with Crippen molar-refractivity contribution in [2.45, 2.75) is 19.8 Å². The molecule has 7 heavy (non-hydrogen) atoms. The molecule has 0 atom stereocenters. The van der Waals surface area contributed by atoms with Crippen LogP contribution in [0, 0.1) is 0 Å². The summed E-state index contributed by atoms with van der Waals surface area (Å²) < 4.78 is 0. The van der Waals surface area contributed by atoms with Crippen LogP contribution in [0.1, 0.15) is 19.8 Å². The average Bonchev–Trinajstić information content (AvgIpc) is 1.68. The van der Waals surface area contributed by atoms with E-state index in [0.29, 0.717) is 6.42 Å². The molecule has 0 aromatic heterocycles. The van der Waals surface area contributed by atoms with Gasteiger partial charge in [-0.05, 0) is 6.42 Å². The van der Waals surface area contributed by atoms with Crippen molar-refractivity contribution in [3.05, 3.63) is 0 Å². The molecule has 0 amide bonds. The van der Waals surface area contributed by atoms with E-state index in [-0.39, 0.29) is 5.97 Å². The fourth-order valence-corrected chi connectivity index (χ4v) is 0.263. The topological polar surface area (TPSA) is 52.3 Å². The van der Waals surface area contributed by atoms with E-state index in [2.05, 4.69) is 10.7 Å². The maximum Gasteiger partial charge on any atom is 0.324 e. The van der Waals surface area contributed by atoms with Crippen LogP contribution in [0.3, 0.4) is 0 Å². The van der Waals surface area contributed by atoms with E-state index < -0.39 is 0 Å². The lowest BCUT2D eigenvalue weighted by Crippen LogP contribution is -2.08. The Morgan fingerprint density at radius 1 is 1.86 bits per heavy atom. The SMILES string of the molecule is CCCC(=O)ON. The quantitative estimate of drug-likeness (QED) is 0.508. The van der Waals surface area contributed by atoms with Crippen molar-refractivity contribution >= 4 is 5.97 Å². The largest absolute Gasteiger partial charge is 0.373 e. The average molecular weight is 103 g/mol. The Morgan fingerprint density at radius 3 is 2.57 bits per heavy atom. The van der Waals surface area contributed by atoms with Crippen molar-refractivity contribution in [3.8, 4) is 0 Å². The van der Waals surface area contributed by atoms with Crippen LogP contribution < -0.4 is 5.90 Å². The van der Waals surface area contributed by atoms with Gasteiger partial charge < -0.3 is 4.84 Å². The Kier molecular flexibility index (Phi) is 3.32. The fourth-order valence-electron chi connectivity index (χ4n) is 0.263. The van der Waals surface area contributed by atoms with E-state index in [0.717, 1.165) is 6.42 Å². The summed E-state index contributed by atoms with van der Waals surface area (Å²) in [7, 11) is 0. The normalized spacial score (nSPS) is 8.29. The highest BCUT2D eigenvalue weighted by molar-refractivity contribution is 5.68. The van der Waals surface area contributed by atoms with Crippen molar-refractivity contribution < 1.29 is 9.63 Å². The maximum atomic E-state index is 10.1. The molecule has 0 aromatic rings. The fraction of sp³-hybridized carbons (Fsp3) is 0.750. The molecular formula is C4H9NO2. The van der Waals surface area contributed by atoms with Crippen LogP contribution >= 0.6 is 0 Å². The van der Waals surface area contributed by atoms with Crippen LogP contribution in [-0.4, -0.2) is 5.97 Å². The number of carbonyl (C=O) groups is 1. The van der Waals surface area contributed by atoms with Crippen molar-refractivity contribution in [3.63, 3.8) is 0 Å². The minimum absolute atomic E-state index is 0.345. The number of hydrogen-bond acceptors (Lipinski definition) is 3. The minimum atomic E-state index is -0.345. The zero-order valence-corrected chi connectivity index (χ0v) is 4.31. The van der Waals surface area contributed by atoms with Gasteiger partial charge in [0, 0.05) is 6.42 Å². The van der Waals surface area contributed by atoms with Gasteiger partial charge in [0.2, 0.25) is 0 Å². The predicted molar refractivity (Wildman–Crippen MR) is 25.2 cm³/mol. The summed E-state index contributed by atoms with van der Waals surface area (Å²) in [6.45, 7) is 1.89. The summed E-state index contributed by atoms with van der Waals surface area (Å²) in [5.41, 5.74) is 0. The molecule has 0 aliphatic rings. The van der Waals surface area contributed by atoms with Gasteiger partial charge in [0.05, 0.1) is 0 Å². The van der Waals surface area contributed by atoms with Gasteiger partial charge in [-0.25, -0.2) is 0 Å². The molecule has 42 valence electrons. The van der Waals surface area contributed by atoms with E-state index in [4.69, 9.17) is 0 Å². The molecule has 3 nitrogen and oxygen atoms in total. The predicted octanol–water partition coefficient (Wildman–Crippen LogP) is 0.203. The molecule has 0 heterocycles. The Bertz CT molecular complexity index is 62.7. The number of rotatable bonds is 2. The molecule has 0 aromatic carbocycles. The van der Waals surface area contributed by atoms with Crippen molar-refractivity contribution in [1.82, 2.24) is 0 Å². The number of nitrogens with two attached hydrogens (primary N) is 1. The first-order chi connectivity index (χ1) is 3.31. The molecular weight excluding hydrogens is 94.0 g/mol. The highest BCUT2D eigenvalue weighted by atomic mass is 16.7. The molecule has 0 aliphatic carbocycles. The second kappa shape index (κ2) is 3.61. The van der Waals surface area contributed by atoms with Crippen LogP contribution in [0.15, 0.2) is 0 Å². The Labute approximate surface area is 42.4 Å². The third-order valence-electron chi connectivity index (χ3n) is 0.586. The van der Waals surface area contributed by atoms with Crippen molar-refractivity contribution in [2.24, 2.45) is 5.90 Å². The summed E-state index contributed by atoms with van der Waals surface area (Å²) in [4.78, 5) is 13.9. The van der Waals surface area contributed by atoms with E-state index in [9.17, 15) is 4.79 Å². The van der Waals surface area contributed by atoms with Crippen molar-refractivity contribution in [1.29, 1.82) is 0 Å². The Balaban J connectivity index is 3.00. The first-order valence-corrected chi connectivity index (χ1v) is 2.20. The van der Waals surface area contributed by atoms with Crippen LogP contribution in [0.2, 0.25) is 0 Å². The molecule has 2 N–H and O–H groups in total. The highest BCUT2D eigenvalue weighted by Gasteiger charge is 1.93. The second-order valence-corrected chi connectivity index (χ2v) is 1.24. The van der Waals surface area contributed by atoms with E-state index >= 15 is 0 Å². The maximum absolute atomic E-state index is 10.1. The third kappa shape index (κ3) is 3.26. The Hall–Kier alpha value is -0.570. The number of carbonyl (C=O) groups excluding carboxylic acids is 1. The lowest BCUT2D eigenvalue weighted by molar-refractivity contribution is -0.144. The molecule has 0 rings (SSSR count). The zero-order valence-electron chi connectivity index (χ0n) is 4.31. The van der Waals surface area contributed by atoms with Gasteiger partial charge in [-0.2, -0.15) is 5.90 Å².